The third kappa shape index (κ3) is 4.54. The molecule has 3 aromatic carbocycles. The number of benzene rings is 3. The van der Waals surface area contributed by atoms with Crippen LogP contribution in [-0.4, -0.2) is 35.8 Å². The summed E-state index contributed by atoms with van der Waals surface area (Å²) in [5.74, 6) is -0.145. The third-order valence-electron chi connectivity index (χ3n) is 6.96. The van der Waals surface area contributed by atoms with Gasteiger partial charge in [0.15, 0.2) is 0 Å². The van der Waals surface area contributed by atoms with Gasteiger partial charge in [-0.05, 0) is 42.7 Å². The number of amides is 2. The van der Waals surface area contributed by atoms with Crippen LogP contribution in [0.3, 0.4) is 0 Å². The predicted octanol–water partition coefficient (Wildman–Crippen LogP) is 4.60. The zero-order valence-corrected chi connectivity index (χ0v) is 20.5. The summed E-state index contributed by atoms with van der Waals surface area (Å²) in [4.78, 5) is 31.0. The standard InChI is InChI=1S/C30H29N3O3/c1-33(2)29(35)30(18-25(30)28(31)34)17-20-12-14-23(15-13-20)36-19-22-16-27(21-8-4-3-5-9-21)32-26-11-7-6-10-24(22)26/h3-16,25H,17-19H2,1-2H3,(H2,31,34)/t25-,30+/m1/s1. The van der Waals surface area contributed by atoms with Gasteiger partial charge in [0.2, 0.25) is 11.8 Å². The number of nitrogens with zero attached hydrogens (tertiary/aromatic N) is 2. The highest BCUT2D eigenvalue weighted by Gasteiger charge is 2.63. The SMILES string of the molecule is CN(C)C(=O)[C@@]1(Cc2ccc(OCc3cc(-c4ccccc4)nc4ccccc34)cc2)C[C@@H]1C(N)=O. The topological polar surface area (TPSA) is 85.5 Å². The van der Waals surface area contributed by atoms with Crippen molar-refractivity contribution in [1.29, 1.82) is 0 Å². The molecule has 0 bridgehead atoms. The molecule has 1 aliphatic carbocycles. The lowest BCUT2D eigenvalue weighted by Gasteiger charge is -2.21. The second-order valence-electron chi connectivity index (χ2n) is 9.67. The highest BCUT2D eigenvalue weighted by atomic mass is 16.5. The number of nitrogens with two attached hydrogens (primary N) is 1. The van der Waals surface area contributed by atoms with Crippen LogP contribution < -0.4 is 10.5 Å². The first kappa shape index (κ1) is 23.5. The number of hydrogen-bond donors (Lipinski definition) is 1. The summed E-state index contributed by atoms with van der Waals surface area (Å²) in [7, 11) is 3.42. The van der Waals surface area contributed by atoms with E-state index in [2.05, 4.69) is 24.3 Å². The Bertz CT molecular complexity index is 1420. The molecule has 2 atom stereocenters. The number of aromatic nitrogens is 1. The summed E-state index contributed by atoms with van der Waals surface area (Å²) in [5, 5.41) is 1.06. The van der Waals surface area contributed by atoms with Crippen molar-refractivity contribution in [3.8, 4) is 17.0 Å². The van der Waals surface area contributed by atoms with Crippen LogP contribution in [0.25, 0.3) is 22.2 Å². The first-order valence-corrected chi connectivity index (χ1v) is 12.0. The van der Waals surface area contributed by atoms with Crippen LogP contribution in [0, 0.1) is 11.3 Å². The maximum Gasteiger partial charge on any atom is 0.229 e. The first-order chi connectivity index (χ1) is 17.4. The highest BCUT2D eigenvalue weighted by molar-refractivity contribution is 5.95. The minimum Gasteiger partial charge on any atom is -0.489 e. The molecule has 0 aliphatic heterocycles. The van der Waals surface area contributed by atoms with E-state index >= 15 is 0 Å². The molecule has 4 aromatic rings. The van der Waals surface area contributed by atoms with Crippen LogP contribution in [-0.2, 0) is 22.6 Å². The van der Waals surface area contributed by atoms with Crippen LogP contribution in [0.4, 0.5) is 0 Å². The van der Waals surface area contributed by atoms with E-state index in [1.54, 1.807) is 19.0 Å². The molecule has 1 heterocycles. The molecule has 1 aliphatic rings. The van der Waals surface area contributed by atoms with Gasteiger partial charge in [0.25, 0.3) is 0 Å². The van der Waals surface area contributed by atoms with Crippen molar-refractivity contribution in [2.75, 3.05) is 14.1 Å². The molecule has 0 saturated heterocycles. The number of primary amides is 1. The Hall–Kier alpha value is -4.19. The lowest BCUT2D eigenvalue weighted by Crippen LogP contribution is -2.36. The minimum atomic E-state index is -0.735. The van der Waals surface area contributed by atoms with Crippen molar-refractivity contribution in [1.82, 2.24) is 9.88 Å². The van der Waals surface area contributed by atoms with E-state index in [9.17, 15) is 9.59 Å². The van der Waals surface area contributed by atoms with E-state index in [1.807, 2.05) is 60.7 Å². The summed E-state index contributed by atoms with van der Waals surface area (Å²) in [6, 6.07) is 28.0. The molecule has 6 nitrogen and oxygen atoms in total. The van der Waals surface area contributed by atoms with Gasteiger partial charge in [0.1, 0.15) is 12.4 Å². The molecule has 1 saturated carbocycles. The summed E-state index contributed by atoms with van der Waals surface area (Å²) in [6.07, 6.45) is 0.976. The Morgan fingerprint density at radius 1 is 1.00 bits per heavy atom. The van der Waals surface area contributed by atoms with Gasteiger partial charge in [-0.2, -0.15) is 0 Å². The van der Waals surface area contributed by atoms with Gasteiger partial charge >= 0.3 is 0 Å². The van der Waals surface area contributed by atoms with Gasteiger partial charge < -0.3 is 15.4 Å². The number of para-hydroxylation sites is 1. The van der Waals surface area contributed by atoms with Gasteiger partial charge in [-0.1, -0.05) is 60.7 Å². The van der Waals surface area contributed by atoms with Gasteiger partial charge in [-0.15, -0.1) is 0 Å². The third-order valence-corrected chi connectivity index (χ3v) is 6.96. The second kappa shape index (κ2) is 9.46. The van der Waals surface area contributed by atoms with Crippen molar-refractivity contribution in [3.63, 3.8) is 0 Å². The van der Waals surface area contributed by atoms with Gasteiger partial charge in [-0.25, -0.2) is 4.98 Å². The van der Waals surface area contributed by atoms with E-state index < -0.39 is 17.2 Å². The predicted molar refractivity (Wildman–Crippen MR) is 140 cm³/mol. The number of hydrogen-bond acceptors (Lipinski definition) is 4. The second-order valence-corrected chi connectivity index (χ2v) is 9.67. The average Bonchev–Trinajstić information content (AvgIpc) is 3.63. The maximum absolute atomic E-state index is 12.8. The molecule has 2 amide bonds. The largest absolute Gasteiger partial charge is 0.489 e. The fourth-order valence-corrected chi connectivity index (χ4v) is 4.98. The Kier molecular flexibility index (Phi) is 6.18. The number of carbonyl (C=O) groups excluding carboxylic acids is 2. The highest BCUT2D eigenvalue weighted by Crippen LogP contribution is 2.55. The number of fused-ring (bicyclic) bond motifs is 1. The van der Waals surface area contributed by atoms with Crippen molar-refractivity contribution in [2.24, 2.45) is 17.1 Å². The smallest absolute Gasteiger partial charge is 0.229 e. The van der Waals surface area contributed by atoms with Crippen LogP contribution in [0.1, 0.15) is 17.5 Å². The molecule has 0 unspecified atom stereocenters. The molecule has 0 spiro atoms. The quantitative estimate of drug-likeness (QED) is 0.400. The van der Waals surface area contributed by atoms with E-state index in [-0.39, 0.29) is 5.91 Å². The van der Waals surface area contributed by atoms with E-state index in [0.717, 1.165) is 39.0 Å². The summed E-state index contributed by atoms with van der Waals surface area (Å²) >= 11 is 0. The van der Waals surface area contributed by atoms with E-state index in [0.29, 0.717) is 19.4 Å². The number of rotatable bonds is 8. The van der Waals surface area contributed by atoms with Crippen molar-refractivity contribution < 1.29 is 14.3 Å². The zero-order chi connectivity index (χ0) is 25.3. The van der Waals surface area contributed by atoms with Crippen LogP contribution in [0.2, 0.25) is 0 Å². The molecule has 1 aromatic heterocycles. The monoisotopic (exact) mass is 479 g/mol. The Morgan fingerprint density at radius 3 is 2.36 bits per heavy atom. The molecule has 0 radical (unpaired) electrons. The number of pyridine rings is 1. The van der Waals surface area contributed by atoms with Crippen molar-refractivity contribution in [3.05, 3.63) is 96.1 Å². The molecule has 5 rings (SSSR count). The minimum absolute atomic E-state index is 0.0505. The van der Waals surface area contributed by atoms with Crippen molar-refractivity contribution in [2.45, 2.75) is 19.4 Å². The molecule has 6 heteroatoms. The van der Waals surface area contributed by atoms with Crippen LogP contribution >= 0.6 is 0 Å². The van der Waals surface area contributed by atoms with Crippen LogP contribution in [0.15, 0.2) is 84.9 Å². The normalized spacial score (nSPS) is 18.6. The molecular weight excluding hydrogens is 450 g/mol. The summed E-state index contributed by atoms with van der Waals surface area (Å²) in [5.41, 5.74) is 9.73. The Morgan fingerprint density at radius 2 is 1.69 bits per heavy atom. The summed E-state index contributed by atoms with van der Waals surface area (Å²) < 4.78 is 6.16. The van der Waals surface area contributed by atoms with Gasteiger partial charge in [0.05, 0.1) is 22.5 Å². The Labute approximate surface area is 210 Å². The molecule has 36 heavy (non-hydrogen) atoms. The molecule has 2 N–H and O–H groups in total. The fourth-order valence-electron chi connectivity index (χ4n) is 4.98. The van der Waals surface area contributed by atoms with Gasteiger partial charge in [-0.3, -0.25) is 9.59 Å². The van der Waals surface area contributed by atoms with E-state index in [4.69, 9.17) is 15.5 Å². The number of carbonyl (C=O) groups is 2. The maximum atomic E-state index is 12.8. The van der Waals surface area contributed by atoms with Crippen molar-refractivity contribution >= 4 is 22.7 Å². The molecular formula is C30H29N3O3. The summed E-state index contributed by atoms with van der Waals surface area (Å²) in [6.45, 7) is 0.398. The fraction of sp³-hybridized carbons (Fsp3) is 0.233. The zero-order valence-electron chi connectivity index (χ0n) is 20.5. The first-order valence-electron chi connectivity index (χ1n) is 12.0. The molecule has 1 fully saturated rings. The average molecular weight is 480 g/mol. The Balaban J connectivity index is 1.34. The lowest BCUT2D eigenvalue weighted by atomic mass is 9.92. The lowest BCUT2D eigenvalue weighted by molar-refractivity contribution is -0.136. The van der Waals surface area contributed by atoms with Gasteiger partial charge in [0, 0.05) is 30.6 Å². The van der Waals surface area contributed by atoms with E-state index in [1.165, 1.54) is 0 Å². The number of ether oxygens (including phenoxy) is 1. The molecule has 182 valence electrons. The van der Waals surface area contributed by atoms with Crippen LogP contribution in [0.5, 0.6) is 5.75 Å².